The van der Waals surface area contributed by atoms with Gasteiger partial charge in [0, 0.05) is 24.5 Å². The van der Waals surface area contributed by atoms with Crippen LogP contribution < -0.4 is 10.9 Å². The SMILES string of the molecule is CCCn1ccnc1SCC(=O)NNC(=O)c1ccc(F)cc1. The van der Waals surface area contributed by atoms with E-state index in [1.54, 1.807) is 6.20 Å². The minimum absolute atomic E-state index is 0.129. The number of imidazole rings is 1. The topological polar surface area (TPSA) is 76.0 Å². The summed E-state index contributed by atoms with van der Waals surface area (Å²) < 4.78 is 14.7. The van der Waals surface area contributed by atoms with Crippen molar-refractivity contribution >= 4 is 23.6 Å². The molecule has 1 heterocycles. The molecule has 0 unspecified atom stereocenters. The number of hydrogen-bond acceptors (Lipinski definition) is 4. The zero-order valence-electron chi connectivity index (χ0n) is 12.6. The number of nitrogens with one attached hydrogen (secondary N) is 2. The predicted molar refractivity (Wildman–Crippen MR) is 85.3 cm³/mol. The van der Waals surface area contributed by atoms with Crippen molar-refractivity contribution in [3.63, 3.8) is 0 Å². The van der Waals surface area contributed by atoms with Crippen LogP contribution in [0.1, 0.15) is 23.7 Å². The van der Waals surface area contributed by atoms with Crippen molar-refractivity contribution in [1.82, 2.24) is 20.4 Å². The Labute approximate surface area is 137 Å². The lowest BCUT2D eigenvalue weighted by atomic mass is 10.2. The Morgan fingerprint density at radius 2 is 2.00 bits per heavy atom. The average molecular weight is 336 g/mol. The van der Waals surface area contributed by atoms with Gasteiger partial charge in [-0.3, -0.25) is 20.4 Å². The van der Waals surface area contributed by atoms with Crippen LogP contribution in [-0.4, -0.2) is 27.1 Å². The summed E-state index contributed by atoms with van der Waals surface area (Å²) in [6.07, 6.45) is 4.52. The molecule has 0 aliphatic rings. The number of carbonyl (C=O) groups excluding carboxylic acids is 2. The van der Waals surface area contributed by atoms with Gasteiger partial charge in [0.15, 0.2) is 5.16 Å². The van der Waals surface area contributed by atoms with Gasteiger partial charge in [-0.25, -0.2) is 9.37 Å². The summed E-state index contributed by atoms with van der Waals surface area (Å²) in [6, 6.07) is 5.04. The highest BCUT2D eigenvalue weighted by Crippen LogP contribution is 2.15. The molecule has 0 spiro atoms. The zero-order chi connectivity index (χ0) is 16.7. The summed E-state index contributed by atoms with van der Waals surface area (Å²) in [5.41, 5.74) is 4.87. The largest absolute Gasteiger partial charge is 0.326 e. The molecule has 23 heavy (non-hydrogen) atoms. The van der Waals surface area contributed by atoms with Crippen LogP contribution in [0.3, 0.4) is 0 Å². The van der Waals surface area contributed by atoms with Crippen molar-refractivity contribution in [3.05, 3.63) is 48.0 Å². The summed E-state index contributed by atoms with van der Waals surface area (Å²) in [7, 11) is 0. The van der Waals surface area contributed by atoms with Gasteiger partial charge in [-0.15, -0.1) is 0 Å². The van der Waals surface area contributed by atoms with Crippen LogP contribution >= 0.6 is 11.8 Å². The fourth-order valence-electron chi connectivity index (χ4n) is 1.81. The van der Waals surface area contributed by atoms with Crippen LogP contribution in [0, 0.1) is 5.82 Å². The number of nitrogens with zero attached hydrogens (tertiary/aromatic N) is 2. The molecule has 0 aliphatic heterocycles. The number of carbonyl (C=O) groups is 2. The van der Waals surface area contributed by atoms with E-state index in [0.717, 1.165) is 18.1 Å². The van der Waals surface area contributed by atoms with Crippen molar-refractivity contribution in [3.8, 4) is 0 Å². The summed E-state index contributed by atoms with van der Waals surface area (Å²) in [4.78, 5) is 27.7. The van der Waals surface area contributed by atoms with E-state index in [0.29, 0.717) is 0 Å². The molecule has 0 saturated carbocycles. The molecule has 2 rings (SSSR count). The van der Waals surface area contributed by atoms with Gasteiger partial charge in [0.25, 0.3) is 5.91 Å². The minimum Gasteiger partial charge on any atom is -0.326 e. The molecule has 0 fully saturated rings. The normalized spacial score (nSPS) is 10.3. The highest BCUT2D eigenvalue weighted by Gasteiger charge is 2.10. The molecule has 0 saturated heterocycles. The molecule has 2 amide bonds. The molecule has 2 N–H and O–H groups in total. The molecule has 0 aliphatic carbocycles. The second kappa shape index (κ2) is 8.33. The maximum Gasteiger partial charge on any atom is 0.269 e. The molecule has 1 aromatic carbocycles. The molecule has 0 bridgehead atoms. The van der Waals surface area contributed by atoms with Crippen molar-refractivity contribution < 1.29 is 14.0 Å². The average Bonchev–Trinajstić information content (AvgIpc) is 2.99. The van der Waals surface area contributed by atoms with Crippen LogP contribution in [0.25, 0.3) is 0 Å². The van der Waals surface area contributed by atoms with Gasteiger partial charge < -0.3 is 4.57 Å². The summed E-state index contributed by atoms with van der Waals surface area (Å²) in [5.74, 6) is -1.15. The first-order valence-electron chi connectivity index (χ1n) is 7.09. The van der Waals surface area contributed by atoms with Crippen LogP contribution in [0.5, 0.6) is 0 Å². The molecule has 2 aromatic rings. The Morgan fingerprint density at radius 1 is 1.26 bits per heavy atom. The van der Waals surface area contributed by atoms with Crippen LogP contribution in [-0.2, 0) is 11.3 Å². The maximum atomic E-state index is 12.8. The summed E-state index contributed by atoms with van der Waals surface area (Å²) >= 11 is 1.29. The van der Waals surface area contributed by atoms with E-state index < -0.39 is 11.7 Å². The van der Waals surface area contributed by atoms with E-state index in [1.165, 1.54) is 36.0 Å². The van der Waals surface area contributed by atoms with Crippen LogP contribution in [0.2, 0.25) is 0 Å². The second-order valence-corrected chi connectivity index (χ2v) is 5.64. The minimum atomic E-state index is -0.504. The first-order chi connectivity index (χ1) is 11.1. The number of amides is 2. The van der Waals surface area contributed by atoms with E-state index >= 15 is 0 Å². The van der Waals surface area contributed by atoms with E-state index in [-0.39, 0.29) is 17.2 Å². The van der Waals surface area contributed by atoms with Gasteiger partial charge >= 0.3 is 0 Å². The van der Waals surface area contributed by atoms with Crippen LogP contribution in [0.4, 0.5) is 4.39 Å². The molecular weight excluding hydrogens is 319 g/mol. The first kappa shape index (κ1) is 17.0. The van der Waals surface area contributed by atoms with E-state index in [4.69, 9.17) is 0 Å². The van der Waals surface area contributed by atoms with Gasteiger partial charge in [-0.1, -0.05) is 18.7 Å². The number of benzene rings is 1. The number of thioether (sulfide) groups is 1. The van der Waals surface area contributed by atoms with Gasteiger partial charge in [-0.05, 0) is 30.7 Å². The lowest BCUT2D eigenvalue weighted by molar-refractivity contribution is -0.119. The fourth-order valence-corrected chi connectivity index (χ4v) is 2.60. The maximum absolute atomic E-state index is 12.8. The van der Waals surface area contributed by atoms with Crippen molar-refractivity contribution in [2.24, 2.45) is 0 Å². The van der Waals surface area contributed by atoms with Crippen molar-refractivity contribution in [2.45, 2.75) is 25.0 Å². The predicted octanol–water partition coefficient (Wildman–Crippen LogP) is 1.99. The third-order valence-electron chi connectivity index (χ3n) is 2.90. The number of rotatable bonds is 6. The molecule has 8 heteroatoms. The van der Waals surface area contributed by atoms with E-state index in [9.17, 15) is 14.0 Å². The standard InChI is InChI=1S/C15H17FN4O2S/c1-2-8-20-9-7-17-15(20)23-10-13(21)18-19-14(22)11-3-5-12(16)6-4-11/h3-7,9H,2,8,10H2,1H3,(H,18,21)(H,19,22). The molecule has 6 nitrogen and oxygen atoms in total. The lowest BCUT2D eigenvalue weighted by Gasteiger charge is -2.08. The molecule has 122 valence electrons. The van der Waals surface area contributed by atoms with E-state index in [2.05, 4.69) is 22.8 Å². The Kier molecular flexibility index (Phi) is 6.16. The first-order valence-corrected chi connectivity index (χ1v) is 8.07. The molecular formula is C15H17FN4O2S. The zero-order valence-corrected chi connectivity index (χ0v) is 13.4. The number of aryl methyl sites for hydroxylation is 1. The fraction of sp³-hybridized carbons (Fsp3) is 0.267. The van der Waals surface area contributed by atoms with E-state index in [1.807, 2.05) is 10.8 Å². The highest BCUT2D eigenvalue weighted by atomic mass is 32.2. The van der Waals surface area contributed by atoms with Gasteiger partial charge in [0.05, 0.1) is 5.75 Å². The Bertz CT molecular complexity index is 672. The summed E-state index contributed by atoms with van der Waals surface area (Å²) in [5, 5.41) is 0.756. The van der Waals surface area contributed by atoms with Crippen molar-refractivity contribution in [1.29, 1.82) is 0 Å². The van der Waals surface area contributed by atoms with Crippen molar-refractivity contribution in [2.75, 3.05) is 5.75 Å². The van der Waals surface area contributed by atoms with Crippen LogP contribution in [0.15, 0.2) is 41.8 Å². The lowest BCUT2D eigenvalue weighted by Crippen LogP contribution is -2.42. The third-order valence-corrected chi connectivity index (χ3v) is 3.90. The number of hydrazine groups is 1. The second-order valence-electron chi connectivity index (χ2n) is 4.70. The summed E-state index contributed by atoms with van der Waals surface area (Å²) in [6.45, 7) is 2.90. The van der Waals surface area contributed by atoms with Gasteiger partial charge in [-0.2, -0.15) is 0 Å². The number of hydrogen-bond donors (Lipinski definition) is 2. The molecule has 1 aromatic heterocycles. The Morgan fingerprint density at radius 3 is 2.70 bits per heavy atom. The Hall–Kier alpha value is -2.35. The van der Waals surface area contributed by atoms with Gasteiger partial charge in [0.1, 0.15) is 5.82 Å². The third kappa shape index (κ3) is 5.10. The Balaban J connectivity index is 1.77. The smallest absolute Gasteiger partial charge is 0.269 e. The number of aromatic nitrogens is 2. The monoisotopic (exact) mass is 336 g/mol. The quantitative estimate of drug-likeness (QED) is 0.625. The highest BCUT2D eigenvalue weighted by molar-refractivity contribution is 7.99. The number of halogens is 1. The molecule has 0 radical (unpaired) electrons. The van der Waals surface area contributed by atoms with Gasteiger partial charge in [0.2, 0.25) is 5.91 Å². The molecule has 0 atom stereocenters.